The van der Waals surface area contributed by atoms with E-state index < -0.39 is 11.5 Å². The Hall–Kier alpha value is -3.32. The first-order chi connectivity index (χ1) is 14.3. The summed E-state index contributed by atoms with van der Waals surface area (Å²) in [6, 6.07) is 10.4. The van der Waals surface area contributed by atoms with Crippen molar-refractivity contribution in [3.8, 4) is 5.75 Å². The zero-order valence-electron chi connectivity index (χ0n) is 17.4. The van der Waals surface area contributed by atoms with E-state index in [4.69, 9.17) is 15.9 Å². The molecular weight excluding hydrogens is 382 g/mol. The van der Waals surface area contributed by atoms with Gasteiger partial charge in [-0.2, -0.15) is 0 Å². The van der Waals surface area contributed by atoms with Crippen LogP contribution in [-0.2, 0) is 16.8 Å². The van der Waals surface area contributed by atoms with Crippen molar-refractivity contribution in [2.75, 3.05) is 18.5 Å². The number of hydrogen-bond acceptors (Lipinski definition) is 5. The van der Waals surface area contributed by atoms with E-state index in [1.54, 1.807) is 43.3 Å². The van der Waals surface area contributed by atoms with Gasteiger partial charge >= 0.3 is 5.97 Å². The summed E-state index contributed by atoms with van der Waals surface area (Å²) < 4.78 is 5.82. The summed E-state index contributed by atoms with van der Waals surface area (Å²) >= 11 is 0. The molecule has 0 aromatic heterocycles. The summed E-state index contributed by atoms with van der Waals surface area (Å²) in [6.45, 7) is 7.44. The van der Waals surface area contributed by atoms with Gasteiger partial charge < -0.3 is 26.0 Å². The normalized spacial score (nSPS) is 12.6. The molecule has 1 unspecified atom stereocenters. The van der Waals surface area contributed by atoms with Crippen LogP contribution in [0, 0.1) is 5.41 Å². The van der Waals surface area contributed by atoms with Crippen LogP contribution in [0.1, 0.15) is 42.5 Å². The molecule has 0 aliphatic carbocycles. The van der Waals surface area contributed by atoms with Gasteiger partial charge in [-0.05, 0) is 60.4 Å². The Morgan fingerprint density at radius 2 is 1.97 bits per heavy atom. The Bertz CT molecular complexity index is 925. The number of anilines is 1. The third-order valence-corrected chi connectivity index (χ3v) is 5.05. The number of amidine groups is 1. The lowest BCUT2D eigenvalue weighted by Crippen LogP contribution is -2.43. The molecule has 0 aliphatic rings. The number of aliphatic carboxylic acids is 1. The molecule has 2 rings (SSSR count). The Labute approximate surface area is 176 Å². The number of carboxylic acids is 1. The predicted molar refractivity (Wildman–Crippen MR) is 119 cm³/mol. The maximum atomic E-state index is 12.6. The number of benzene rings is 2. The summed E-state index contributed by atoms with van der Waals surface area (Å²) in [5.41, 5.74) is 7.23. The first kappa shape index (κ1) is 23.0. The SMILES string of the molecule is C=Cc1cc(CC)c(OCCO)c(C(CC)(Nc2ccc(C(=N)N)cc2)C(=O)O)c1. The molecule has 0 saturated carbocycles. The molecule has 0 saturated heterocycles. The highest BCUT2D eigenvalue weighted by molar-refractivity contribution is 5.95. The van der Waals surface area contributed by atoms with E-state index in [-0.39, 0.29) is 25.5 Å². The highest BCUT2D eigenvalue weighted by atomic mass is 16.5. The number of hydrogen-bond donors (Lipinski definition) is 5. The van der Waals surface area contributed by atoms with Crippen LogP contribution >= 0.6 is 0 Å². The van der Waals surface area contributed by atoms with Crippen LogP contribution in [-0.4, -0.2) is 35.2 Å². The molecule has 30 heavy (non-hydrogen) atoms. The number of carbonyl (C=O) groups is 1. The fourth-order valence-electron chi connectivity index (χ4n) is 3.37. The van der Waals surface area contributed by atoms with Crippen molar-refractivity contribution in [1.29, 1.82) is 5.41 Å². The molecule has 2 aromatic rings. The number of aryl methyl sites for hydroxylation is 1. The lowest BCUT2D eigenvalue weighted by atomic mass is 9.83. The lowest BCUT2D eigenvalue weighted by molar-refractivity contribution is -0.142. The van der Waals surface area contributed by atoms with Gasteiger partial charge in [-0.15, -0.1) is 0 Å². The van der Waals surface area contributed by atoms with Gasteiger partial charge in [0.15, 0.2) is 5.54 Å². The molecule has 7 nitrogen and oxygen atoms in total. The number of nitrogens with two attached hydrogens (primary N) is 1. The number of ether oxygens (including phenoxy) is 1. The van der Waals surface area contributed by atoms with Crippen molar-refractivity contribution in [1.82, 2.24) is 0 Å². The fourth-order valence-corrected chi connectivity index (χ4v) is 3.37. The van der Waals surface area contributed by atoms with E-state index in [1.165, 1.54) is 0 Å². The van der Waals surface area contributed by atoms with Crippen molar-refractivity contribution < 1.29 is 19.7 Å². The van der Waals surface area contributed by atoms with Crippen LogP contribution in [0.25, 0.3) is 6.08 Å². The molecule has 0 amide bonds. The van der Waals surface area contributed by atoms with Crippen LogP contribution in [0.2, 0.25) is 0 Å². The minimum atomic E-state index is -1.48. The minimum Gasteiger partial charge on any atom is -0.491 e. The first-order valence-electron chi connectivity index (χ1n) is 9.82. The van der Waals surface area contributed by atoms with Gasteiger partial charge in [-0.3, -0.25) is 5.41 Å². The highest BCUT2D eigenvalue weighted by Gasteiger charge is 2.42. The third-order valence-electron chi connectivity index (χ3n) is 5.05. The molecule has 6 N–H and O–H groups in total. The van der Waals surface area contributed by atoms with E-state index in [0.29, 0.717) is 29.0 Å². The number of nitrogens with one attached hydrogen (secondary N) is 2. The summed E-state index contributed by atoms with van der Waals surface area (Å²) in [5.74, 6) is -0.667. The molecule has 160 valence electrons. The van der Waals surface area contributed by atoms with Gasteiger partial charge in [-0.1, -0.05) is 26.5 Å². The van der Waals surface area contributed by atoms with Crippen LogP contribution < -0.4 is 15.8 Å². The third kappa shape index (κ3) is 4.63. The first-order valence-corrected chi connectivity index (χ1v) is 9.82. The zero-order chi connectivity index (χ0) is 22.3. The second-order valence-corrected chi connectivity index (χ2v) is 6.87. The highest BCUT2D eigenvalue weighted by Crippen LogP contribution is 2.40. The average molecular weight is 412 g/mol. The van der Waals surface area contributed by atoms with Gasteiger partial charge in [0.05, 0.1) is 6.61 Å². The fraction of sp³-hybridized carbons (Fsp3) is 0.304. The van der Waals surface area contributed by atoms with Gasteiger partial charge in [0.25, 0.3) is 0 Å². The average Bonchev–Trinajstić information content (AvgIpc) is 2.75. The number of aliphatic hydroxyl groups excluding tert-OH is 1. The molecule has 0 radical (unpaired) electrons. The minimum absolute atomic E-state index is 0.0557. The second kappa shape index (κ2) is 9.93. The number of aliphatic hydroxyl groups is 1. The quantitative estimate of drug-likeness (QED) is 0.285. The van der Waals surface area contributed by atoms with E-state index in [1.807, 2.05) is 13.0 Å². The number of carboxylic acid groups (broad SMARTS) is 1. The Kier molecular flexibility index (Phi) is 7.60. The molecule has 2 aromatic carbocycles. The van der Waals surface area contributed by atoms with E-state index in [9.17, 15) is 15.0 Å². The topological polar surface area (TPSA) is 129 Å². The van der Waals surface area contributed by atoms with E-state index in [2.05, 4.69) is 11.9 Å². The molecule has 0 aliphatic heterocycles. The Balaban J connectivity index is 2.68. The largest absolute Gasteiger partial charge is 0.491 e. The van der Waals surface area contributed by atoms with Crippen LogP contribution in [0.5, 0.6) is 5.75 Å². The monoisotopic (exact) mass is 411 g/mol. The smallest absolute Gasteiger partial charge is 0.334 e. The predicted octanol–water partition coefficient (Wildman–Crippen LogP) is 3.35. The van der Waals surface area contributed by atoms with Gasteiger partial charge in [-0.25, -0.2) is 4.79 Å². The van der Waals surface area contributed by atoms with Gasteiger partial charge in [0, 0.05) is 16.8 Å². The molecule has 0 spiro atoms. The van der Waals surface area contributed by atoms with Crippen LogP contribution in [0.4, 0.5) is 5.69 Å². The van der Waals surface area contributed by atoms with Crippen molar-refractivity contribution in [2.24, 2.45) is 5.73 Å². The van der Waals surface area contributed by atoms with Crippen molar-refractivity contribution in [2.45, 2.75) is 32.2 Å². The molecule has 1 atom stereocenters. The molecule has 7 heteroatoms. The second-order valence-electron chi connectivity index (χ2n) is 6.87. The Morgan fingerprint density at radius 3 is 2.43 bits per heavy atom. The lowest BCUT2D eigenvalue weighted by Gasteiger charge is -2.33. The van der Waals surface area contributed by atoms with Gasteiger partial charge in [0.1, 0.15) is 18.2 Å². The van der Waals surface area contributed by atoms with Crippen LogP contribution in [0.3, 0.4) is 0 Å². The molecule has 0 bridgehead atoms. The summed E-state index contributed by atoms with van der Waals surface area (Å²) in [6.07, 6.45) is 2.53. The molecular formula is C23H29N3O4. The van der Waals surface area contributed by atoms with Gasteiger partial charge in [0.2, 0.25) is 0 Å². The van der Waals surface area contributed by atoms with E-state index >= 15 is 0 Å². The van der Waals surface area contributed by atoms with Crippen molar-refractivity contribution in [3.05, 3.63) is 65.2 Å². The Morgan fingerprint density at radius 1 is 1.30 bits per heavy atom. The number of rotatable bonds is 11. The summed E-state index contributed by atoms with van der Waals surface area (Å²) in [4.78, 5) is 12.6. The maximum absolute atomic E-state index is 12.6. The van der Waals surface area contributed by atoms with Crippen LogP contribution in [0.15, 0.2) is 43.0 Å². The summed E-state index contributed by atoms with van der Waals surface area (Å²) in [5, 5.41) is 30.2. The van der Waals surface area contributed by atoms with Crippen molar-refractivity contribution >= 4 is 23.6 Å². The van der Waals surface area contributed by atoms with E-state index in [0.717, 1.165) is 11.1 Å². The standard InChI is InChI=1S/C23H29N3O4/c1-4-15-13-16(5-2)20(30-12-11-27)19(14-15)23(6-3,22(28)29)26-18-9-7-17(8-10-18)21(24)25/h4,7-10,13-14,26-27H,1,5-6,11-12H2,2-3H3,(H3,24,25)(H,28,29). The number of nitrogen functional groups attached to an aromatic ring is 1. The summed E-state index contributed by atoms with van der Waals surface area (Å²) in [7, 11) is 0. The molecule has 0 heterocycles. The maximum Gasteiger partial charge on any atom is 0.334 e. The zero-order valence-corrected chi connectivity index (χ0v) is 17.4. The van der Waals surface area contributed by atoms with Crippen molar-refractivity contribution in [3.63, 3.8) is 0 Å². The molecule has 0 fully saturated rings.